The molecule has 0 N–H and O–H groups in total. The van der Waals surface area contributed by atoms with Crippen LogP contribution in [0.4, 0.5) is 0 Å². The molecule has 0 bridgehead atoms. The van der Waals surface area contributed by atoms with Crippen molar-refractivity contribution in [3.8, 4) is 17.2 Å². The molecule has 3 aromatic rings. The van der Waals surface area contributed by atoms with Crippen molar-refractivity contribution in [1.29, 1.82) is 0 Å². The van der Waals surface area contributed by atoms with Crippen LogP contribution in [0.5, 0.6) is 17.2 Å². The SMILES string of the molecule is COc1cc(OS(=O)(=O)[O-])cc2cc3oc(C)cc(=O)c3c(OC)c12.[Na+]. The van der Waals surface area contributed by atoms with Crippen LogP contribution in [-0.4, -0.2) is 27.2 Å². The van der Waals surface area contributed by atoms with Crippen LogP contribution in [0.15, 0.2) is 33.5 Å². The molecule has 132 valence electrons. The summed E-state index contributed by atoms with van der Waals surface area (Å²) < 4.78 is 53.2. The molecule has 0 saturated carbocycles. The van der Waals surface area contributed by atoms with E-state index in [4.69, 9.17) is 13.9 Å². The second-order valence-electron chi connectivity index (χ2n) is 5.22. The Hall–Kier alpha value is -1.78. The van der Waals surface area contributed by atoms with Crippen LogP contribution in [0, 0.1) is 6.92 Å². The number of aryl methyl sites for hydroxylation is 1. The first kappa shape index (κ1) is 20.5. The van der Waals surface area contributed by atoms with Crippen molar-refractivity contribution in [1.82, 2.24) is 0 Å². The summed E-state index contributed by atoms with van der Waals surface area (Å²) in [5, 5.41) is 1.06. The van der Waals surface area contributed by atoms with Crippen LogP contribution in [0.25, 0.3) is 21.7 Å². The summed E-state index contributed by atoms with van der Waals surface area (Å²) in [6.45, 7) is 1.63. The zero-order valence-corrected chi connectivity index (χ0v) is 17.3. The van der Waals surface area contributed by atoms with E-state index in [0.29, 0.717) is 16.5 Å². The van der Waals surface area contributed by atoms with Crippen molar-refractivity contribution in [2.45, 2.75) is 6.92 Å². The van der Waals surface area contributed by atoms with Gasteiger partial charge in [-0.25, -0.2) is 8.42 Å². The fourth-order valence-electron chi connectivity index (χ4n) is 2.72. The Morgan fingerprint density at radius 1 is 1.04 bits per heavy atom. The molecular weight excluding hydrogens is 375 g/mol. The molecule has 0 aliphatic carbocycles. The topological polar surface area (TPSA) is 115 Å². The number of methoxy groups -OCH3 is 2. The van der Waals surface area contributed by atoms with E-state index in [1.807, 2.05) is 0 Å². The number of ether oxygens (including phenoxy) is 2. The average Bonchev–Trinajstić information content (AvgIpc) is 2.49. The third-order valence-electron chi connectivity index (χ3n) is 3.57. The first-order chi connectivity index (χ1) is 11.7. The molecule has 0 unspecified atom stereocenters. The van der Waals surface area contributed by atoms with Gasteiger partial charge in [0.1, 0.15) is 34.0 Å². The van der Waals surface area contributed by atoms with E-state index in [-0.39, 0.29) is 63.2 Å². The largest absolute Gasteiger partial charge is 1.00 e. The molecule has 0 spiro atoms. The molecule has 2 aromatic carbocycles. The summed E-state index contributed by atoms with van der Waals surface area (Å²) in [6.07, 6.45) is 0. The van der Waals surface area contributed by atoms with Gasteiger partial charge in [0.05, 0.1) is 19.6 Å². The predicted octanol–water partition coefficient (Wildman–Crippen LogP) is -0.885. The van der Waals surface area contributed by atoms with Crippen molar-refractivity contribution >= 4 is 32.1 Å². The van der Waals surface area contributed by atoms with Crippen LogP contribution in [0.1, 0.15) is 5.76 Å². The second kappa shape index (κ2) is 7.45. The van der Waals surface area contributed by atoms with Crippen LogP contribution >= 0.6 is 0 Å². The fourth-order valence-corrected chi connectivity index (χ4v) is 3.05. The van der Waals surface area contributed by atoms with Gasteiger partial charge in [-0.05, 0) is 24.4 Å². The van der Waals surface area contributed by atoms with Gasteiger partial charge in [0, 0.05) is 12.1 Å². The number of rotatable bonds is 4. The van der Waals surface area contributed by atoms with Gasteiger partial charge in [0.25, 0.3) is 10.4 Å². The number of benzene rings is 2. The second-order valence-corrected chi connectivity index (χ2v) is 6.20. The zero-order chi connectivity index (χ0) is 18.4. The number of hydrogen-bond acceptors (Lipinski definition) is 8. The third-order valence-corrected chi connectivity index (χ3v) is 3.96. The van der Waals surface area contributed by atoms with Crippen molar-refractivity contribution < 1.29 is 60.6 Å². The maximum atomic E-state index is 12.4. The van der Waals surface area contributed by atoms with Gasteiger partial charge in [0.2, 0.25) is 0 Å². The summed E-state index contributed by atoms with van der Waals surface area (Å²) in [4.78, 5) is 12.4. The fraction of sp³-hybridized carbons (Fsp3) is 0.188. The monoisotopic (exact) mass is 388 g/mol. The van der Waals surface area contributed by atoms with Crippen molar-refractivity contribution in [3.63, 3.8) is 0 Å². The predicted molar refractivity (Wildman–Crippen MR) is 88.2 cm³/mol. The summed E-state index contributed by atoms with van der Waals surface area (Å²) in [7, 11) is -2.21. The van der Waals surface area contributed by atoms with Gasteiger partial charge in [-0.2, -0.15) is 0 Å². The normalized spacial score (nSPS) is 11.2. The van der Waals surface area contributed by atoms with E-state index >= 15 is 0 Å². The summed E-state index contributed by atoms with van der Waals surface area (Å²) in [5.74, 6) is 0.570. The Bertz CT molecular complexity index is 1150. The summed E-state index contributed by atoms with van der Waals surface area (Å²) in [5.41, 5.74) is -0.0412. The van der Waals surface area contributed by atoms with Gasteiger partial charge in [-0.15, -0.1) is 0 Å². The first-order valence-electron chi connectivity index (χ1n) is 7.02. The van der Waals surface area contributed by atoms with E-state index in [2.05, 4.69) is 4.18 Å². The van der Waals surface area contributed by atoms with Crippen molar-refractivity contribution in [3.05, 3.63) is 40.2 Å². The van der Waals surface area contributed by atoms with Crippen LogP contribution in [0.3, 0.4) is 0 Å². The maximum Gasteiger partial charge on any atom is 1.00 e. The summed E-state index contributed by atoms with van der Waals surface area (Å²) >= 11 is 0. The molecule has 3 rings (SSSR count). The molecular formula is C16H13NaO8S. The van der Waals surface area contributed by atoms with E-state index in [9.17, 15) is 17.8 Å². The molecule has 0 atom stereocenters. The Morgan fingerprint density at radius 2 is 1.73 bits per heavy atom. The standard InChI is InChI=1S/C16H14O8S.Na/c1-8-4-11(17)15-13(23-8)6-9-5-10(24-25(18,19)20)7-12(21-2)14(9)16(15)22-3;/h4-7H,1-3H3,(H,18,19,20);/q;+1/p-1. The van der Waals surface area contributed by atoms with Crippen molar-refractivity contribution in [2.24, 2.45) is 0 Å². The molecule has 0 aliphatic heterocycles. The molecule has 0 aliphatic rings. The quantitative estimate of drug-likeness (QED) is 0.245. The first-order valence-corrected chi connectivity index (χ1v) is 8.35. The van der Waals surface area contributed by atoms with Gasteiger partial charge >= 0.3 is 29.6 Å². The zero-order valence-electron chi connectivity index (χ0n) is 14.5. The van der Waals surface area contributed by atoms with Gasteiger partial charge in [-0.1, -0.05) is 0 Å². The molecule has 1 aromatic heterocycles. The molecule has 8 nitrogen and oxygen atoms in total. The van der Waals surface area contributed by atoms with E-state index in [1.165, 1.54) is 38.5 Å². The molecule has 1 heterocycles. The van der Waals surface area contributed by atoms with Gasteiger partial charge in [0.15, 0.2) is 5.43 Å². The molecule has 0 amide bonds. The van der Waals surface area contributed by atoms with E-state index in [1.54, 1.807) is 6.92 Å². The number of fused-ring (bicyclic) bond motifs is 2. The van der Waals surface area contributed by atoms with Crippen LogP contribution in [0.2, 0.25) is 0 Å². The molecule has 0 radical (unpaired) electrons. The molecule has 10 heteroatoms. The Balaban J connectivity index is 0.00000243. The third kappa shape index (κ3) is 3.81. The minimum absolute atomic E-state index is 0. The van der Waals surface area contributed by atoms with Crippen LogP contribution < -0.4 is 48.6 Å². The van der Waals surface area contributed by atoms with Gasteiger partial charge < -0.3 is 22.6 Å². The Morgan fingerprint density at radius 3 is 2.31 bits per heavy atom. The molecule has 0 saturated heterocycles. The van der Waals surface area contributed by atoms with E-state index < -0.39 is 10.4 Å². The Kier molecular flexibility index (Phi) is 5.89. The van der Waals surface area contributed by atoms with E-state index in [0.717, 1.165) is 0 Å². The smallest absolute Gasteiger partial charge is 0.716 e. The van der Waals surface area contributed by atoms with Gasteiger partial charge in [-0.3, -0.25) is 4.79 Å². The molecule has 0 fully saturated rings. The van der Waals surface area contributed by atoms with Crippen molar-refractivity contribution in [2.75, 3.05) is 14.2 Å². The summed E-state index contributed by atoms with van der Waals surface area (Å²) in [6, 6.07) is 5.40. The maximum absolute atomic E-state index is 12.4. The Labute approximate surface area is 170 Å². The minimum Gasteiger partial charge on any atom is -0.716 e. The molecule has 26 heavy (non-hydrogen) atoms. The average molecular weight is 388 g/mol. The van der Waals surface area contributed by atoms with Crippen LogP contribution in [-0.2, 0) is 10.4 Å². The minimum atomic E-state index is -4.95. The number of hydrogen-bond donors (Lipinski definition) is 0.